The zero-order valence-electron chi connectivity index (χ0n) is 11.4. The molecule has 0 radical (unpaired) electrons. The van der Waals surface area contributed by atoms with Crippen LogP contribution in [0.4, 0.5) is 0 Å². The molecule has 1 rings (SSSR count). The van der Waals surface area contributed by atoms with E-state index in [4.69, 9.17) is 5.73 Å². The lowest BCUT2D eigenvalue weighted by Gasteiger charge is -2.16. The summed E-state index contributed by atoms with van der Waals surface area (Å²) < 4.78 is 0. The zero-order valence-corrected chi connectivity index (χ0v) is 11.4. The average molecular weight is 248 g/mol. The largest absolute Gasteiger partial charge is 0.352 e. The van der Waals surface area contributed by atoms with Gasteiger partial charge >= 0.3 is 0 Å². The molecular weight excluding hydrogens is 224 g/mol. The van der Waals surface area contributed by atoms with Crippen molar-refractivity contribution in [3.63, 3.8) is 0 Å². The molecule has 0 spiro atoms. The molecule has 0 aliphatic carbocycles. The zero-order chi connectivity index (χ0) is 13.4. The van der Waals surface area contributed by atoms with Crippen molar-refractivity contribution < 1.29 is 4.79 Å². The second kappa shape index (κ2) is 7.88. The third-order valence-electron chi connectivity index (χ3n) is 3.04. The molecule has 1 unspecified atom stereocenters. The summed E-state index contributed by atoms with van der Waals surface area (Å²) in [6.45, 7) is 4.69. The second-order valence-electron chi connectivity index (χ2n) is 4.80. The number of benzene rings is 1. The van der Waals surface area contributed by atoms with E-state index in [1.807, 2.05) is 31.2 Å². The highest BCUT2D eigenvalue weighted by atomic mass is 16.1. The average Bonchev–Trinajstić information content (AvgIpc) is 2.37. The standard InChI is InChI=1S/C15H24N2O/c1-3-4-5-14(11-16)17-15(18)10-13-8-6-12(2)7-9-13/h6-9,14H,3-5,10-11,16H2,1-2H3,(H,17,18). The van der Waals surface area contributed by atoms with Crippen molar-refractivity contribution in [2.75, 3.05) is 6.54 Å². The van der Waals surface area contributed by atoms with Crippen LogP contribution < -0.4 is 11.1 Å². The molecule has 0 aromatic heterocycles. The maximum absolute atomic E-state index is 11.9. The Bertz CT molecular complexity index is 359. The summed E-state index contributed by atoms with van der Waals surface area (Å²) in [7, 11) is 0. The molecule has 3 N–H and O–H groups in total. The molecule has 1 aromatic rings. The number of rotatable bonds is 7. The van der Waals surface area contributed by atoms with E-state index in [1.54, 1.807) is 0 Å². The third-order valence-corrected chi connectivity index (χ3v) is 3.04. The van der Waals surface area contributed by atoms with Gasteiger partial charge in [0, 0.05) is 12.6 Å². The maximum atomic E-state index is 11.9. The van der Waals surface area contributed by atoms with Crippen molar-refractivity contribution in [1.82, 2.24) is 5.32 Å². The van der Waals surface area contributed by atoms with Gasteiger partial charge in [-0.15, -0.1) is 0 Å². The molecule has 1 amide bonds. The van der Waals surface area contributed by atoms with Gasteiger partial charge in [0.1, 0.15) is 0 Å². The summed E-state index contributed by atoms with van der Waals surface area (Å²) in [6.07, 6.45) is 3.63. The molecule has 3 nitrogen and oxygen atoms in total. The molecule has 0 heterocycles. The van der Waals surface area contributed by atoms with Crippen LogP contribution in [-0.4, -0.2) is 18.5 Å². The van der Waals surface area contributed by atoms with Crippen LogP contribution >= 0.6 is 0 Å². The van der Waals surface area contributed by atoms with Gasteiger partial charge in [-0.25, -0.2) is 0 Å². The van der Waals surface area contributed by atoms with Gasteiger partial charge in [0.15, 0.2) is 0 Å². The van der Waals surface area contributed by atoms with Crippen molar-refractivity contribution >= 4 is 5.91 Å². The number of unbranched alkanes of at least 4 members (excludes halogenated alkanes) is 1. The second-order valence-corrected chi connectivity index (χ2v) is 4.80. The van der Waals surface area contributed by atoms with Crippen LogP contribution in [-0.2, 0) is 11.2 Å². The molecule has 0 fully saturated rings. The van der Waals surface area contributed by atoms with Gasteiger partial charge in [0.05, 0.1) is 6.42 Å². The van der Waals surface area contributed by atoms with Crippen molar-refractivity contribution in [2.45, 2.75) is 45.6 Å². The fraction of sp³-hybridized carbons (Fsp3) is 0.533. The Hall–Kier alpha value is -1.35. The fourth-order valence-corrected chi connectivity index (χ4v) is 1.87. The van der Waals surface area contributed by atoms with E-state index < -0.39 is 0 Å². The molecule has 0 aliphatic rings. The van der Waals surface area contributed by atoms with Crippen molar-refractivity contribution in [3.05, 3.63) is 35.4 Å². The number of hydrogen-bond acceptors (Lipinski definition) is 2. The van der Waals surface area contributed by atoms with Crippen LogP contribution in [0.15, 0.2) is 24.3 Å². The van der Waals surface area contributed by atoms with E-state index in [9.17, 15) is 4.79 Å². The summed E-state index contributed by atoms with van der Waals surface area (Å²) in [6, 6.07) is 8.17. The van der Waals surface area contributed by atoms with Crippen LogP contribution in [0.3, 0.4) is 0 Å². The molecule has 1 atom stereocenters. The number of carbonyl (C=O) groups is 1. The van der Waals surface area contributed by atoms with E-state index in [2.05, 4.69) is 12.2 Å². The van der Waals surface area contributed by atoms with Crippen molar-refractivity contribution in [1.29, 1.82) is 0 Å². The third kappa shape index (κ3) is 5.32. The molecule has 0 saturated carbocycles. The Morgan fingerprint density at radius 1 is 1.33 bits per heavy atom. The van der Waals surface area contributed by atoms with Gasteiger partial charge in [-0.05, 0) is 18.9 Å². The van der Waals surface area contributed by atoms with Gasteiger partial charge in [-0.3, -0.25) is 4.79 Å². The van der Waals surface area contributed by atoms with Crippen LogP contribution in [0.2, 0.25) is 0 Å². The van der Waals surface area contributed by atoms with Crippen molar-refractivity contribution in [3.8, 4) is 0 Å². The first kappa shape index (κ1) is 14.7. The van der Waals surface area contributed by atoms with E-state index >= 15 is 0 Å². The predicted octanol–water partition coefficient (Wildman–Crippen LogP) is 2.17. The Morgan fingerprint density at radius 2 is 2.00 bits per heavy atom. The summed E-state index contributed by atoms with van der Waals surface area (Å²) in [5.41, 5.74) is 7.92. The Morgan fingerprint density at radius 3 is 2.56 bits per heavy atom. The monoisotopic (exact) mass is 248 g/mol. The fourth-order valence-electron chi connectivity index (χ4n) is 1.87. The first-order valence-corrected chi connectivity index (χ1v) is 6.70. The van der Waals surface area contributed by atoms with Gasteiger partial charge in [-0.1, -0.05) is 49.6 Å². The number of nitrogens with two attached hydrogens (primary N) is 1. The van der Waals surface area contributed by atoms with E-state index in [1.165, 1.54) is 5.56 Å². The van der Waals surface area contributed by atoms with Crippen LogP contribution in [0.1, 0.15) is 37.3 Å². The van der Waals surface area contributed by atoms with E-state index in [0.717, 1.165) is 24.8 Å². The van der Waals surface area contributed by atoms with Gasteiger partial charge in [0.2, 0.25) is 5.91 Å². The number of hydrogen-bond donors (Lipinski definition) is 2. The summed E-state index contributed by atoms with van der Waals surface area (Å²) in [4.78, 5) is 11.9. The molecule has 1 aromatic carbocycles. The molecule has 100 valence electrons. The lowest BCUT2D eigenvalue weighted by molar-refractivity contribution is -0.121. The summed E-state index contributed by atoms with van der Waals surface area (Å²) >= 11 is 0. The minimum Gasteiger partial charge on any atom is -0.352 e. The van der Waals surface area contributed by atoms with E-state index in [0.29, 0.717) is 13.0 Å². The number of amides is 1. The minimum atomic E-state index is 0.0606. The number of nitrogens with one attached hydrogen (secondary N) is 1. The number of aryl methyl sites for hydroxylation is 1. The SMILES string of the molecule is CCCCC(CN)NC(=O)Cc1ccc(C)cc1. The smallest absolute Gasteiger partial charge is 0.224 e. The summed E-state index contributed by atoms with van der Waals surface area (Å²) in [5.74, 6) is 0.0606. The quantitative estimate of drug-likeness (QED) is 0.777. The lowest BCUT2D eigenvalue weighted by Crippen LogP contribution is -2.40. The number of carbonyl (C=O) groups excluding carboxylic acids is 1. The molecule has 0 aliphatic heterocycles. The first-order valence-electron chi connectivity index (χ1n) is 6.70. The van der Waals surface area contributed by atoms with Gasteiger partial charge in [-0.2, -0.15) is 0 Å². The molecular formula is C15H24N2O. The Balaban J connectivity index is 2.42. The van der Waals surface area contributed by atoms with Crippen molar-refractivity contribution in [2.24, 2.45) is 5.73 Å². The normalized spacial score (nSPS) is 12.2. The van der Waals surface area contributed by atoms with Gasteiger partial charge < -0.3 is 11.1 Å². The first-order chi connectivity index (χ1) is 8.65. The molecule has 18 heavy (non-hydrogen) atoms. The van der Waals surface area contributed by atoms with Crippen LogP contribution in [0.5, 0.6) is 0 Å². The Labute approximate surface area is 110 Å². The predicted molar refractivity (Wildman–Crippen MR) is 75.4 cm³/mol. The van der Waals surface area contributed by atoms with Crippen LogP contribution in [0.25, 0.3) is 0 Å². The molecule has 0 bridgehead atoms. The highest BCUT2D eigenvalue weighted by molar-refractivity contribution is 5.78. The summed E-state index contributed by atoms with van der Waals surface area (Å²) in [5, 5.41) is 3.00. The minimum absolute atomic E-state index is 0.0606. The topological polar surface area (TPSA) is 55.1 Å². The highest BCUT2D eigenvalue weighted by Gasteiger charge is 2.10. The Kier molecular flexibility index (Phi) is 6.44. The molecule has 3 heteroatoms. The van der Waals surface area contributed by atoms with Gasteiger partial charge in [0.25, 0.3) is 0 Å². The highest BCUT2D eigenvalue weighted by Crippen LogP contribution is 2.05. The maximum Gasteiger partial charge on any atom is 0.224 e. The lowest BCUT2D eigenvalue weighted by atomic mass is 10.1. The van der Waals surface area contributed by atoms with E-state index in [-0.39, 0.29) is 11.9 Å². The van der Waals surface area contributed by atoms with Crippen LogP contribution in [0, 0.1) is 6.92 Å². The molecule has 0 saturated heterocycles.